The van der Waals surface area contributed by atoms with Crippen molar-refractivity contribution < 1.29 is 23.7 Å². The Morgan fingerprint density at radius 1 is 1.31 bits per heavy atom. The molecule has 1 aliphatic rings. The summed E-state index contributed by atoms with van der Waals surface area (Å²) in [5, 5.41) is 33.3. The Morgan fingerprint density at radius 3 is 2.81 bits per heavy atom. The Hall–Kier alpha value is -2.77. The predicted octanol–water partition coefficient (Wildman–Crippen LogP) is 1.70. The number of hydrazine groups is 1. The molecule has 9 nitrogen and oxygen atoms in total. The van der Waals surface area contributed by atoms with Crippen LogP contribution in [-0.2, 0) is 17.8 Å². The van der Waals surface area contributed by atoms with Gasteiger partial charge in [-0.25, -0.2) is 18.8 Å². The van der Waals surface area contributed by atoms with Crippen LogP contribution in [0.25, 0.3) is 10.6 Å². The Balaban J connectivity index is 1.66. The molecule has 0 saturated heterocycles. The number of nitrogens with zero attached hydrogens (tertiary/aromatic N) is 5. The molecule has 1 unspecified atom stereocenters. The van der Waals surface area contributed by atoms with E-state index < -0.39 is 29.0 Å². The molecule has 0 fully saturated rings. The fourth-order valence-corrected chi connectivity index (χ4v) is 4.44. The molecule has 0 radical (unpaired) electrons. The van der Waals surface area contributed by atoms with E-state index >= 15 is 0 Å². The Morgan fingerprint density at radius 2 is 2.09 bits per heavy atom. The number of pyridine rings is 1. The van der Waals surface area contributed by atoms with Crippen molar-refractivity contribution in [1.82, 2.24) is 24.8 Å². The maximum atomic E-state index is 13.9. The zero-order chi connectivity index (χ0) is 23.0. The van der Waals surface area contributed by atoms with Gasteiger partial charge in [-0.1, -0.05) is 17.4 Å². The van der Waals surface area contributed by atoms with Gasteiger partial charge in [0.2, 0.25) is 5.43 Å². The topological polar surface area (TPSA) is 104 Å². The Labute approximate surface area is 185 Å². The normalized spacial score (nSPS) is 17.0. The van der Waals surface area contributed by atoms with Crippen LogP contribution in [0.5, 0.6) is 5.75 Å². The van der Waals surface area contributed by atoms with E-state index in [-0.39, 0.29) is 34.9 Å². The van der Waals surface area contributed by atoms with E-state index in [9.17, 15) is 23.8 Å². The lowest BCUT2D eigenvalue weighted by atomic mass is 10.1. The van der Waals surface area contributed by atoms with Crippen LogP contribution in [0.1, 0.15) is 22.5 Å². The third-order valence-electron chi connectivity index (χ3n) is 5.20. The summed E-state index contributed by atoms with van der Waals surface area (Å²) in [4.78, 5) is 12.9. The van der Waals surface area contributed by atoms with Crippen LogP contribution in [0.4, 0.5) is 8.78 Å². The summed E-state index contributed by atoms with van der Waals surface area (Å²) in [6.07, 6.45) is 0.350. The van der Waals surface area contributed by atoms with Gasteiger partial charge < -0.3 is 19.5 Å². The first-order valence-electron chi connectivity index (χ1n) is 9.67. The molecule has 170 valence electrons. The number of aliphatic hydroxyl groups excluding tert-OH is 1. The number of aromatic nitrogens is 3. The summed E-state index contributed by atoms with van der Waals surface area (Å²) in [7, 11) is 3.30. The first kappa shape index (κ1) is 22.4. The van der Waals surface area contributed by atoms with Crippen molar-refractivity contribution >= 4 is 11.3 Å². The lowest BCUT2D eigenvalue weighted by Gasteiger charge is -2.41. The summed E-state index contributed by atoms with van der Waals surface area (Å²) in [6, 6.07) is 3.28. The Kier molecular flexibility index (Phi) is 6.31. The van der Waals surface area contributed by atoms with Crippen LogP contribution in [0.3, 0.4) is 0 Å². The van der Waals surface area contributed by atoms with Crippen molar-refractivity contribution in [3.8, 4) is 16.3 Å². The second kappa shape index (κ2) is 9.00. The summed E-state index contributed by atoms with van der Waals surface area (Å²) in [5.74, 6) is -1.94. The number of hydrogen-bond donors (Lipinski definition) is 2. The number of aliphatic hydroxyl groups is 1. The monoisotopic (exact) mass is 465 g/mol. The molecule has 32 heavy (non-hydrogen) atoms. The molecule has 0 saturated carbocycles. The number of hydrogen-bond acceptors (Lipinski definition) is 9. The zero-order valence-corrected chi connectivity index (χ0v) is 18.1. The van der Waals surface area contributed by atoms with Gasteiger partial charge in [0.25, 0.3) is 0 Å². The average Bonchev–Trinajstić information content (AvgIpc) is 3.20. The molecule has 0 aliphatic carbocycles. The SMILES string of the molecule is COCCN1C(O)c2c(O)c(=O)c(-c3nnc(Cc4ccc(F)cc4F)s3)cn2CN1C. The second-order valence-electron chi connectivity index (χ2n) is 7.32. The van der Waals surface area contributed by atoms with Gasteiger partial charge in [-0.3, -0.25) is 4.79 Å². The van der Waals surface area contributed by atoms with Crippen LogP contribution in [-0.4, -0.2) is 62.3 Å². The van der Waals surface area contributed by atoms with Gasteiger partial charge in [0.15, 0.2) is 17.0 Å². The third-order valence-corrected chi connectivity index (χ3v) is 6.15. The van der Waals surface area contributed by atoms with Gasteiger partial charge >= 0.3 is 0 Å². The molecule has 3 aromatic rings. The molecule has 3 heterocycles. The van der Waals surface area contributed by atoms with Gasteiger partial charge in [-0.15, -0.1) is 10.2 Å². The van der Waals surface area contributed by atoms with Gasteiger partial charge in [-0.05, 0) is 11.6 Å². The van der Waals surface area contributed by atoms with Gasteiger partial charge in [0, 0.05) is 39.4 Å². The number of aromatic hydroxyl groups is 1. The minimum Gasteiger partial charge on any atom is -0.503 e. The van der Waals surface area contributed by atoms with Crippen molar-refractivity contribution in [2.45, 2.75) is 19.3 Å². The molecule has 1 aliphatic heterocycles. The smallest absolute Gasteiger partial charge is 0.233 e. The minimum absolute atomic E-state index is 0.0751. The predicted molar refractivity (Wildman–Crippen MR) is 112 cm³/mol. The van der Waals surface area contributed by atoms with E-state index in [4.69, 9.17) is 4.74 Å². The summed E-state index contributed by atoms with van der Waals surface area (Å²) in [6.45, 7) is 0.985. The molecule has 12 heteroatoms. The number of benzene rings is 1. The molecule has 2 aromatic heterocycles. The molecule has 0 spiro atoms. The first-order chi connectivity index (χ1) is 15.3. The van der Waals surface area contributed by atoms with E-state index in [2.05, 4.69) is 10.2 Å². The molecular weight excluding hydrogens is 444 g/mol. The van der Waals surface area contributed by atoms with Crippen molar-refractivity contribution in [3.05, 3.63) is 62.5 Å². The molecule has 0 amide bonds. The van der Waals surface area contributed by atoms with Crippen molar-refractivity contribution in [1.29, 1.82) is 0 Å². The summed E-state index contributed by atoms with van der Waals surface area (Å²) >= 11 is 1.07. The molecule has 1 aromatic carbocycles. The standard InChI is InChI=1S/C20H21F2N5O4S/c1-25-10-26-9-13(17(28)18(29)16(26)20(30)27(25)5-6-31-2)19-24-23-15(32-19)7-11-3-4-12(21)8-14(11)22/h3-4,8-9,20,29-30H,5-7,10H2,1-2H3. The van der Waals surface area contributed by atoms with E-state index in [1.54, 1.807) is 28.7 Å². The lowest BCUT2D eigenvalue weighted by molar-refractivity contribution is -0.173. The minimum atomic E-state index is -1.24. The molecule has 2 N–H and O–H groups in total. The largest absolute Gasteiger partial charge is 0.503 e. The van der Waals surface area contributed by atoms with Crippen LogP contribution in [0.2, 0.25) is 0 Å². The highest BCUT2D eigenvalue weighted by molar-refractivity contribution is 7.14. The van der Waals surface area contributed by atoms with Crippen LogP contribution >= 0.6 is 11.3 Å². The quantitative estimate of drug-likeness (QED) is 0.567. The zero-order valence-electron chi connectivity index (χ0n) is 17.3. The van der Waals surface area contributed by atoms with Gasteiger partial charge in [-0.2, -0.15) is 0 Å². The van der Waals surface area contributed by atoms with Gasteiger partial charge in [0.05, 0.1) is 18.8 Å². The van der Waals surface area contributed by atoms with E-state index in [0.29, 0.717) is 18.2 Å². The van der Waals surface area contributed by atoms with Crippen LogP contribution < -0.4 is 5.43 Å². The maximum absolute atomic E-state index is 13.9. The second-order valence-corrected chi connectivity index (χ2v) is 8.38. The highest BCUT2D eigenvalue weighted by Gasteiger charge is 2.33. The fourth-order valence-electron chi connectivity index (χ4n) is 3.57. The highest BCUT2D eigenvalue weighted by Crippen LogP contribution is 2.33. The number of rotatable bonds is 6. The molecular formula is C20H21F2N5O4S. The van der Waals surface area contributed by atoms with E-state index in [0.717, 1.165) is 23.5 Å². The lowest BCUT2D eigenvalue weighted by Crippen LogP contribution is -2.50. The summed E-state index contributed by atoms with van der Waals surface area (Å²) in [5.41, 5.74) is -0.256. The molecule has 0 bridgehead atoms. The third kappa shape index (κ3) is 4.14. The van der Waals surface area contributed by atoms with Crippen molar-refractivity contribution in [3.63, 3.8) is 0 Å². The number of ether oxygens (including phenoxy) is 1. The van der Waals surface area contributed by atoms with Gasteiger partial charge in [0.1, 0.15) is 22.3 Å². The van der Waals surface area contributed by atoms with Crippen molar-refractivity contribution in [2.75, 3.05) is 27.3 Å². The van der Waals surface area contributed by atoms with Crippen molar-refractivity contribution in [2.24, 2.45) is 0 Å². The van der Waals surface area contributed by atoms with Crippen LogP contribution in [0, 0.1) is 11.6 Å². The summed E-state index contributed by atoms with van der Waals surface area (Å²) < 4.78 is 33.7. The number of methoxy groups -OCH3 is 1. The first-order valence-corrected chi connectivity index (χ1v) is 10.5. The highest BCUT2D eigenvalue weighted by atomic mass is 32.1. The average molecular weight is 465 g/mol. The molecule has 1 atom stereocenters. The number of fused-ring (bicyclic) bond motifs is 1. The van der Waals surface area contributed by atoms with E-state index in [1.807, 2.05) is 0 Å². The van der Waals surface area contributed by atoms with E-state index in [1.165, 1.54) is 12.3 Å². The Bertz CT molecular complexity index is 1200. The number of halogens is 2. The maximum Gasteiger partial charge on any atom is 0.233 e. The van der Waals surface area contributed by atoms with Crippen LogP contribution in [0.15, 0.2) is 29.2 Å². The fraction of sp³-hybridized carbons (Fsp3) is 0.350. The molecule has 4 rings (SSSR count).